The zero-order valence-electron chi connectivity index (χ0n) is 16.0. The highest BCUT2D eigenvalue weighted by molar-refractivity contribution is 7.99. The fourth-order valence-electron chi connectivity index (χ4n) is 3.48. The third-order valence-corrected chi connectivity index (χ3v) is 6.29. The monoisotopic (exact) mass is 407 g/mol. The molecule has 1 N–H and O–H groups in total. The molecule has 0 radical (unpaired) electrons. The first-order valence-electron chi connectivity index (χ1n) is 9.79. The first kappa shape index (κ1) is 18.2. The van der Waals surface area contributed by atoms with Gasteiger partial charge in [0.2, 0.25) is 5.91 Å². The summed E-state index contributed by atoms with van der Waals surface area (Å²) in [5.41, 5.74) is 3.13. The second kappa shape index (κ2) is 7.18. The largest absolute Gasteiger partial charge is 0.325 e. The fraction of sp³-hybridized carbons (Fsp3) is 0.333. The Balaban J connectivity index is 1.35. The molecule has 0 spiro atoms. The van der Waals surface area contributed by atoms with Gasteiger partial charge in [-0.25, -0.2) is 9.67 Å². The summed E-state index contributed by atoms with van der Waals surface area (Å²) in [5, 5.41) is 8.36. The second-order valence-corrected chi connectivity index (χ2v) is 8.57. The van der Waals surface area contributed by atoms with E-state index in [-0.39, 0.29) is 11.5 Å². The number of carbonyl (C=O) groups is 1. The van der Waals surface area contributed by atoms with E-state index in [9.17, 15) is 9.59 Å². The molecule has 0 saturated heterocycles. The molecule has 2 aliphatic rings. The molecule has 1 amide bonds. The predicted octanol–water partition coefficient (Wildman–Crippen LogP) is 3.29. The number of nitrogens with one attached hydrogen (secondary N) is 1. The van der Waals surface area contributed by atoms with Crippen molar-refractivity contribution in [1.29, 1.82) is 0 Å². The van der Waals surface area contributed by atoms with Crippen LogP contribution < -0.4 is 10.9 Å². The van der Waals surface area contributed by atoms with Gasteiger partial charge in [-0.15, -0.1) is 0 Å². The lowest BCUT2D eigenvalue weighted by molar-refractivity contribution is -0.119. The van der Waals surface area contributed by atoms with Crippen molar-refractivity contribution < 1.29 is 4.79 Å². The summed E-state index contributed by atoms with van der Waals surface area (Å²) in [6.07, 6.45) is 4.23. The molecular formula is C21H21N5O2S. The molecule has 1 aliphatic heterocycles. The molecule has 148 valence electrons. The van der Waals surface area contributed by atoms with Gasteiger partial charge in [0.15, 0.2) is 5.16 Å². The van der Waals surface area contributed by atoms with Crippen LogP contribution in [-0.2, 0) is 11.3 Å². The van der Waals surface area contributed by atoms with Crippen LogP contribution in [-0.4, -0.2) is 31.0 Å². The van der Waals surface area contributed by atoms with Gasteiger partial charge in [-0.2, -0.15) is 5.10 Å². The Morgan fingerprint density at radius 1 is 1.28 bits per heavy atom. The van der Waals surface area contributed by atoms with E-state index in [1.54, 1.807) is 24.8 Å². The smallest absolute Gasteiger partial charge is 0.267 e. The van der Waals surface area contributed by atoms with Crippen molar-refractivity contribution in [2.75, 3.05) is 11.1 Å². The van der Waals surface area contributed by atoms with Gasteiger partial charge in [-0.3, -0.25) is 9.59 Å². The van der Waals surface area contributed by atoms with Crippen LogP contribution in [0, 0.1) is 0 Å². The topological polar surface area (TPSA) is 81.8 Å². The highest BCUT2D eigenvalue weighted by Gasteiger charge is 2.27. The van der Waals surface area contributed by atoms with Crippen LogP contribution in [0.4, 0.5) is 5.69 Å². The van der Waals surface area contributed by atoms with Crippen LogP contribution in [0.15, 0.2) is 52.5 Å². The molecule has 1 atom stereocenters. The van der Waals surface area contributed by atoms with E-state index in [1.807, 2.05) is 30.5 Å². The molecule has 1 aromatic carbocycles. The minimum absolute atomic E-state index is 0.268. The molecule has 8 heteroatoms. The van der Waals surface area contributed by atoms with Crippen molar-refractivity contribution in [2.45, 2.75) is 43.4 Å². The van der Waals surface area contributed by atoms with Gasteiger partial charge in [0, 0.05) is 41.7 Å². The number of rotatable bonds is 5. The zero-order chi connectivity index (χ0) is 20.0. The molecule has 3 aromatic rings. The summed E-state index contributed by atoms with van der Waals surface area (Å²) in [6.45, 7) is 2.67. The van der Waals surface area contributed by atoms with Crippen LogP contribution in [0.1, 0.15) is 37.4 Å². The lowest BCUT2D eigenvalue weighted by atomic mass is 10.1. The second-order valence-electron chi connectivity index (χ2n) is 7.51. The zero-order valence-corrected chi connectivity index (χ0v) is 16.9. The normalized spacial score (nSPS) is 16.4. The molecule has 1 saturated carbocycles. The number of imidazole rings is 1. The minimum atomic E-state index is -0.697. The van der Waals surface area contributed by atoms with Crippen molar-refractivity contribution >= 4 is 23.4 Å². The minimum Gasteiger partial charge on any atom is -0.325 e. The maximum absolute atomic E-state index is 12.8. The first-order valence-corrected chi connectivity index (χ1v) is 10.8. The maximum Gasteiger partial charge on any atom is 0.267 e. The number of amides is 1. The molecule has 1 fully saturated rings. The number of aromatic nitrogens is 4. The SMILES string of the molecule is CC(C(=O)Nc1cccc(-c2cn3c(n2)SCC3)c1)n1nc(C2CC2)ccc1=O. The van der Waals surface area contributed by atoms with Gasteiger partial charge in [0.05, 0.1) is 11.4 Å². The Morgan fingerprint density at radius 3 is 2.93 bits per heavy atom. The molecule has 0 bridgehead atoms. The van der Waals surface area contributed by atoms with Gasteiger partial charge >= 0.3 is 0 Å². The van der Waals surface area contributed by atoms with E-state index in [2.05, 4.69) is 20.0 Å². The Bertz CT molecular complexity index is 1130. The van der Waals surface area contributed by atoms with Crippen molar-refractivity contribution in [2.24, 2.45) is 0 Å². The van der Waals surface area contributed by atoms with Crippen molar-refractivity contribution in [3.8, 4) is 11.3 Å². The number of fused-ring (bicyclic) bond motifs is 1. The number of hydrogen-bond donors (Lipinski definition) is 1. The molecule has 1 unspecified atom stereocenters. The summed E-state index contributed by atoms with van der Waals surface area (Å²) < 4.78 is 3.43. The van der Waals surface area contributed by atoms with Crippen LogP contribution in [0.3, 0.4) is 0 Å². The van der Waals surface area contributed by atoms with E-state index in [0.717, 1.165) is 47.2 Å². The highest BCUT2D eigenvalue weighted by atomic mass is 32.2. The summed E-state index contributed by atoms with van der Waals surface area (Å²) in [5.74, 6) is 1.21. The maximum atomic E-state index is 12.8. The molecule has 5 rings (SSSR count). The standard InChI is InChI=1S/C21H21N5O2S/c1-13(26-19(27)8-7-17(24-26)14-5-6-14)20(28)22-16-4-2-3-15(11-16)18-12-25-9-10-29-21(25)23-18/h2-4,7-8,11-14H,5-6,9-10H2,1H3,(H,22,28). The Morgan fingerprint density at radius 2 is 2.14 bits per heavy atom. The quantitative estimate of drug-likeness (QED) is 0.702. The number of hydrogen-bond acceptors (Lipinski definition) is 5. The van der Waals surface area contributed by atoms with E-state index in [0.29, 0.717) is 11.6 Å². The van der Waals surface area contributed by atoms with Crippen LogP contribution >= 0.6 is 11.8 Å². The van der Waals surface area contributed by atoms with E-state index < -0.39 is 6.04 Å². The molecule has 3 heterocycles. The fourth-order valence-corrected chi connectivity index (χ4v) is 4.42. The average molecular weight is 407 g/mol. The summed E-state index contributed by atoms with van der Waals surface area (Å²) in [4.78, 5) is 29.7. The third-order valence-electron chi connectivity index (χ3n) is 5.32. The van der Waals surface area contributed by atoms with Gasteiger partial charge in [-0.05, 0) is 38.0 Å². The molecular weight excluding hydrogens is 386 g/mol. The third kappa shape index (κ3) is 3.60. The first-order chi connectivity index (χ1) is 14.1. The summed E-state index contributed by atoms with van der Waals surface area (Å²) in [6, 6.07) is 10.2. The van der Waals surface area contributed by atoms with Gasteiger partial charge in [0.1, 0.15) is 6.04 Å². The molecule has 7 nitrogen and oxygen atoms in total. The Hall–Kier alpha value is -2.87. The highest BCUT2D eigenvalue weighted by Crippen LogP contribution is 2.38. The van der Waals surface area contributed by atoms with Crippen LogP contribution in [0.25, 0.3) is 11.3 Å². The van der Waals surface area contributed by atoms with Gasteiger partial charge < -0.3 is 9.88 Å². The predicted molar refractivity (Wildman–Crippen MR) is 112 cm³/mol. The van der Waals surface area contributed by atoms with E-state index >= 15 is 0 Å². The Labute approximate surface area is 172 Å². The van der Waals surface area contributed by atoms with Crippen LogP contribution in [0.5, 0.6) is 0 Å². The average Bonchev–Trinajstić information content (AvgIpc) is 3.34. The summed E-state index contributed by atoms with van der Waals surface area (Å²) >= 11 is 1.75. The van der Waals surface area contributed by atoms with E-state index in [1.165, 1.54) is 10.7 Å². The number of nitrogens with zero attached hydrogens (tertiary/aromatic N) is 4. The number of thioether (sulfide) groups is 1. The lowest BCUT2D eigenvalue weighted by Crippen LogP contribution is -2.33. The lowest BCUT2D eigenvalue weighted by Gasteiger charge is -2.15. The van der Waals surface area contributed by atoms with Crippen molar-refractivity contribution in [3.05, 3.63) is 58.6 Å². The molecule has 29 heavy (non-hydrogen) atoms. The van der Waals surface area contributed by atoms with Gasteiger partial charge in [0.25, 0.3) is 5.56 Å². The number of aryl methyl sites for hydroxylation is 1. The number of anilines is 1. The number of carbonyl (C=O) groups excluding carboxylic acids is 1. The Kier molecular flexibility index (Phi) is 4.50. The van der Waals surface area contributed by atoms with Crippen LogP contribution in [0.2, 0.25) is 0 Å². The molecule has 1 aliphatic carbocycles. The van der Waals surface area contributed by atoms with Gasteiger partial charge in [-0.1, -0.05) is 23.9 Å². The van der Waals surface area contributed by atoms with E-state index in [4.69, 9.17) is 0 Å². The van der Waals surface area contributed by atoms with Crippen molar-refractivity contribution in [1.82, 2.24) is 19.3 Å². The van der Waals surface area contributed by atoms with Crippen molar-refractivity contribution in [3.63, 3.8) is 0 Å². The molecule has 2 aromatic heterocycles. The summed E-state index contributed by atoms with van der Waals surface area (Å²) in [7, 11) is 0. The number of benzene rings is 1.